The minimum Gasteiger partial charge on any atom is -0.490 e. The van der Waals surface area contributed by atoms with Crippen molar-refractivity contribution in [1.29, 1.82) is 0 Å². The predicted molar refractivity (Wildman–Crippen MR) is 96.8 cm³/mol. The lowest BCUT2D eigenvalue weighted by molar-refractivity contribution is -0.122. The maximum Gasteiger partial charge on any atom is 0.234 e. The van der Waals surface area contributed by atoms with Crippen LogP contribution in [0.5, 0.6) is 5.75 Å². The van der Waals surface area contributed by atoms with Crippen molar-refractivity contribution in [2.75, 3.05) is 20.2 Å². The van der Waals surface area contributed by atoms with Crippen molar-refractivity contribution < 1.29 is 9.53 Å². The highest BCUT2D eigenvalue weighted by atomic mass is 16.5. The highest BCUT2D eigenvalue weighted by Gasteiger charge is 2.07. The summed E-state index contributed by atoms with van der Waals surface area (Å²) in [6.45, 7) is 5.76. The number of amides is 1. The smallest absolute Gasteiger partial charge is 0.234 e. The maximum absolute atomic E-state index is 12.0. The molecular formula is C20H24N2O2. The number of nitrogens with zero attached hydrogens (tertiary/aromatic N) is 1. The van der Waals surface area contributed by atoms with E-state index in [9.17, 15) is 4.79 Å². The normalized spacial score (nSPS) is 10.4. The number of hydrogen-bond donors (Lipinski definition) is 1. The minimum atomic E-state index is 0.0206. The largest absolute Gasteiger partial charge is 0.490 e. The molecule has 0 unspecified atom stereocenters. The van der Waals surface area contributed by atoms with Gasteiger partial charge in [0.05, 0.1) is 6.54 Å². The third-order valence-corrected chi connectivity index (χ3v) is 3.49. The average molecular weight is 324 g/mol. The number of carbonyl (C=O) groups excluding carboxylic acids is 1. The van der Waals surface area contributed by atoms with E-state index in [1.807, 2.05) is 66.5 Å². The Kier molecular flexibility index (Phi) is 7.05. The van der Waals surface area contributed by atoms with Crippen LogP contribution in [-0.4, -0.2) is 31.0 Å². The second-order valence-electron chi connectivity index (χ2n) is 5.68. The Morgan fingerprint density at radius 3 is 2.50 bits per heavy atom. The predicted octanol–water partition coefficient (Wildman–Crippen LogP) is 3.00. The van der Waals surface area contributed by atoms with Crippen molar-refractivity contribution in [3.05, 3.63) is 78.4 Å². The molecule has 0 heterocycles. The molecule has 2 aromatic rings. The monoisotopic (exact) mass is 324 g/mol. The van der Waals surface area contributed by atoms with Gasteiger partial charge in [-0.3, -0.25) is 9.69 Å². The molecule has 1 N–H and O–H groups in total. The van der Waals surface area contributed by atoms with Crippen LogP contribution in [0.25, 0.3) is 0 Å². The number of nitrogens with one attached hydrogen (secondary N) is 1. The maximum atomic E-state index is 12.0. The zero-order valence-corrected chi connectivity index (χ0v) is 14.1. The van der Waals surface area contributed by atoms with Gasteiger partial charge in [0.25, 0.3) is 0 Å². The molecule has 0 aliphatic heterocycles. The number of benzene rings is 2. The highest BCUT2D eigenvalue weighted by molar-refractivity contribution is 5.77. The molecule has 0 atom stereocenters. The van der Waals surface area contributed by atoms with E-state index in [-0.39, 0.29) is 5.91 Å². The Bertz CT molecular complexity index is 638. The summed E-state index contributed by atoms with van der Waals surface area (Å²) in [7, 11) is 1.93. The van der Waals surface area contributed by atoms with Gasteiger partial charge in [0, 0.05) is 13.1 Å². The van der Waals surface area contributed by atoms with Crippen LogP contribution in [-0.2, 0) is 17.9 Å². The van der Waals surface area contributed by atoms with E-state index in [4.69, 9.17) is 4.74 Å². The molecule has 0 spiro atoms. The quantitative estimate of drug-likeness (QED) is 0.721. The summed E-state index contributed by atoms with van der Waals surface area (Å²) in [5, 5.41) is 2.94. The van der Waals surface area contributed by atoms with Gasteiger partial charge in [-0.05, 0) is 30.3 Å². The van der Waals surface area contributed by atoms with E-state index in [2.05, 4.69) is 11.9 Å². The molecule has 0 saturated carbocycles. The fourth-order valence-corrected chi connectivity index (χ4v) is 2.31. The Labute approximate surface area is 143 Å². The molecule has 0 radical (unpaired) electrons. The van der Waals surface area contributed by atoms with E-state index in [1.54, 1.807) is 6.08 Å². The van der Waals surface area contributed by atoms with Gasteiger partial charge in [-0.25, -0.2) is 0 Å². The molecule has 4 nitrogen and oxygen atoms in total. The Morgan fingerprint density at radius 2 is 1.83 bits per heavy atom. The van der Waals surface area contributed by atoms with Gasteiger partial charge in [0.1, 0.15) is 12.4 Å². The van der Waals surface area contributed by atoms with Gasteiger partial charge in [0.2, 0.25) is 5.91 Å². The molecule has 2 rings (SSSR count). The number of likely N-dealkylation sites (N-methyl/N-ethyl adjacent to an activating group) is 1. The van der Waals surface area contributed by atoms with Crippen LogP contribution in [0.1, 0.15) is 11.1 Å². The number of hydrogen-bond acceptors (Lipinski definition) is 3. The molecule has 2 aromatic carbocycles. The van der Waals surface area contributed by atoms with Crippen LogP contribution >= 0.6 is 0 Å². The van der Waals surface area contributed by atoms with Crippen molar-refractivity contribution in [2.45, 2.75) is 13.1 Å². The molecule has 0 aliphatic rings. The fourth-order valence-electron chi connectivity index (χ4n) is 2.31. The van der Waals surface area contributed by atoms with Gasteiger partial charge in [-0.1, -0.05) is 55.1 Å². The third kappa shape index (κ3) is 6.26. The number of ether oxygens (including phenoxy) is 1. The van der Waals surface area contributed by atoms with Crippen molar-refractivity contribution in [3.63, 3.8) is 0 Å². The lowest BCUT2D eigenvalue weighted by Crippen LogP contribution is -2.34. The van der Waals surface area contributed by atoms with Crippen LogP contribution in [0.4, 0.5) is 0 Å². The molecule has 0 saturated heterocycles. The first kappa shape index (κ1) is 17.8. The topological polar surface area (TPSA) is 41.6 Å². The van der Waals surface area contributed by atoms with E-state index < -0.39 is 0 Å². The molecular weight excluding hydrogens is 300 g/mol. The first-order chi connectivity index (χ1) is 11.7. The van der Waals surface area contributed by atoms with Crippen molar-refractivity contribution in [2.24, 2.45) is 0 Å². The van der Waals surface area contributed by atoms with Crippen LogP contribution in [0, 0.1) is 0 Å². The summed E-state index contributed by atoms with van der Waals surface area (Å²) in [4.78, 5) is 14.0. The lowest BCUT2D eigenvalue weighted by Gasteiger charge is -2.16. The third-order valence-electron chi connectivity index (χ3n) is 3.49. The molecule has 24 heavy (non-hydrogen) atoms. The summed E-state index contributed by atoms with van der Waals surface area (Å²) >= 11 is 0. The highest BCUT2D eigenvalue weighted by Crippen LogP contribution is 2.13. The van der Waals surface area contributed by atoms with Crippen LogP contribution in [0.2, 0.25) is 0 Å². The molecule has 0 fully saturated rings. The molecule has 0 aromatic heterocycles. The van der Waals surface area contributed by atoms with Gasteiger partial charge >= 0.3 is 0 Å². The molecule has 126 valence electrons. The van der Waals surface area contributed by atoms with Gasteiger partial charge in [-0.2, -0.15) is 0 Å². The van der Waals surface area contributed by atoms with Crippen LogP contribution in [0.3, 0.4) is 0 Å². The second kappa shape index (κ2) is 9.53. The second-order valence-corrected chi connectivity index (χ2v) is 5.68. The van der Waals surface area contributed by atoms with E-state index >= 15 is 0 Å². The van der Waals surface area contributed by atoms with Crippen molar-refractivity contribution in [1.82, 2.24) is 10.2 Å². The zero-order chi connectivity index (χ0) is 17.2. The summed E-state index contributed by atoms with van der Waals surface area (Å²) in [6, 6.07) is 17.8. The summed E-state index contributed by atoms with van der Waals surface area (Å²) < 4.78 is 5.46. The zero-order valence-electron chi connectivity index (χ0n) is 14.1. The molecule has 0 bridgehead atoms. The fraction of sp³-hybridized carbons (Fsp3) is 0.250. The Morgan fingerprint density at radius 1 is 1.12 bits per heavy atom. The first-order valence-corrected chi connectivity index (χ1v) is 7.99. The van der Waals surface area contributed by atoms with Gasteiger partial charge in [-0.15, -0.1) is 0 Å². The van der Waals surface area contributed by atoms with E-state index in [1.165, 1.54) is 0 Å². The summed E-state index contributed by atoms with van der Waals surface area (Å²) in [5.41, 5.74) is 2.24. The Balaban J connectivity index is 1.74. The summed E-state index contributed by atoms with van der Waals surface area (Å²) in [5.74, 6) is 0.842. The summed E-state index contributed by atoms with van der Waals surface area (Å²) in [6.07, 6.45) is 1.72. The average Bonchev–Trinajstić information content (AvgIpc) is 2.60. The van der Waals surface area contributed by atoms with Gasteiger partial charge < -0.3 is 10.1 Å². The van der Waals surface area contributed by atoms with Crippen LogP contribution in [0.15, 0.2) is 67.3 Å². The SMILES string of the molecule is C=CCOc1ccc(CN(C)CC(=O)NCc2ccccc2)cc1. The molecule has 1 amide bonds. The Hall–Kier alpha value is -2.59. The number of carbonyl (C=O) groups is 1. The van der Waals surface area contributed by atoms with Gasteiger partial charge in [0.15, 0.2) is 0 Å². The standard InChI is InChI=1S/C20H24N2O2/c1-3-13-24-19-11-9-18(10-12-19)15-22(2)16-20(23)21-14-17-7-5-4-6-8-17/h3-12H,1,13-16H2,2H3,(H,21,23). The molecule has 4 heteroatoms. The lowest BCUT2D eigenvalue weighted by atomic mass is 10.2. The van der Waals surface area contributed by atoms with Crippen LogP contribution < -0.4 is 10.1 Å². The van der Waals surface area contributed by atoms with Crippen molar-refractivity contribution in [3.8, 4) is 5.75 Å². The first-order valence-electron chi connectivity index (χ1n) is 7.99. The van der Waals surface area contributed by atoms with E-state index in [0.29, 0.717) is 26.2 Å². The number of rotatable bonds is 9. The molecule has 0 aliphatic carbocycles. The van der Waals surface area contributed by atoms with Crippen molar-refractivity contribution >= 4 is 5.91 Å². The van der Waals surface area contributed by atoms with E-state index in [0.717, 1.165) is 16.9 Å². The minimum absolute atomic E-state index is 0.0206.